The Morgan fingerprint density at radius 2 is 2.07 bits per heavy atom. The maximum Gasteiger partial charge on any atom is 0.158 e. The largest absolute Gasteiger partial charge is 0.496 e. The van der Waals surface area contributed by atoms with Crippen LogP contribution in [0.15, 0.2) is 30.6 Å². The molecule has 3 heterocycles. The van der Waals surface area contributed by atoms with Gasteiger partial charge in [-0.1, -0.05) is 11.6 Å². The number of rotatable bonds is 4. The minimum atomic E-state index is -0.137. The summed E-state index contributed by atoms with van der Waals surface area (Å²) < 4.78 is 11.4. The van der Waals surface area contributed by atoms with E-state index >= 15 is 0 Å². The Kier molecular flexibility index (Phi) is 4.85. The summed E-state index contributed by atoms with van der Waals surface area (Å²) >= 11 is 6.56. The molecular weight excluding hydrogens is 376 g/mol. The molecule has 1 N–H and O–H groups in total. The van der Waals surface area contributed by atoms with Crippen molar-refractivity contribution in [3.8, 4) is 17.0 Å². The first-order valence-electron chi connectivity index (χ1n) is 9.23. The van der Waals surface area contributed by atoms with Gasteiger partial charge in [-0.15, -0.1) is 10.2 Å². The molecule has 0 unspecified atom stereocenters. The van der Waals surface area contributed by atoms with Gasteiger partial charge in [0.05, 0.1) is 35.9 Å². The summed E-state index contributed by atoms with van der Waals surface area (Å²) in [6.07, 6.45) is 4.44. The van der Waals surface area contributed by atoms with Gasteiger partial charge in [-0.2, -0.15) is 0 Å². The molecule has 3 aromatic rings. The maximum absolute atomic E-state index is 6.56. The van der Waals surface area contributed by atoms with E-state index in [0.29, 0.717) is 28.9 Å². The van der Waals surface area contributed by atoms with Crippen LogP contribution in [0.2, 0.25) is 5.02 Å². The number of ether oxygens (including phenoxy) is 2. The third-order valence-electron chi connectivity index (χ3n) is 4.99. The second-order valence-corrected chi connectivity index (χ2v) is 8.17. The lowest BCUT2D eigenvalue weighted by Crippen LogP contribution is -2.23. The number of nitrogens with zero attached hydrogens (tertiary/aromatic N) is 3. The summed E-state index contributed by atoms with van der Waals surface area (Å²) in [5.74, 6) is 1.37. The highest BCUT2D eigenvalue weighted by atomic mass is 35.5. The van der Waals surface area contributed by atoms with E-state index in [1.807, 2.05) is 25.1 Å². The Morgan fingerprint density at radius 3 is 2.79 bits per heavy atom. The second-order valence-electron chi connectivity index (χ2n) is 7.76. The number of benzene rings is 1. The van der Waals surface area contributed by atoms with Gasteiger partial charge >= 0.3 is 0 Å². The topological polar surface area (TPSA) is 69.2 Å². The zero-order chi connectivity index (χ0) is 19.9. The number of aryl methyl sites for hydroxylation is 1. The fourth-order valence-corrected chi connectivity index (χ4v) is 4.07. The molecule has 0 amide bonds. The highest BCUT2D eigenvalue weighted by molar-refractivity contribution is 6.34. The van der Waals surface area contributed by atoms with E-state index in [9.17, 15) is 0 Å². The molecule has 0 bridgehead atoms. The standard InChI is InChI=1S/C21H23ClN4O2/c1-12-7-16(22)18(17(8-12)27-4)19-14-5-6-23-10-15(14)20(26-25-19)24-13-9-21(2,3)28-11-13/h5-8,10,13H,9,11H2,1-4H3,(H,24,26)/t13-/m0/s1. The lowest BCUT2D eigenvalue weighted by Gasteiger charge is -2.18. The first-order valence-corrected chi connectivity index (χ1v) is 9.61. The van der Waals surface area contributed by atoms with Crippen LogP contribution in [-0.2, 0) is 4.74 Å². The summed E-state index contributed by atoms with van der Waals surface area (Å²) in [4.78, 5) is 4.29. The molecule has 1 aromatic carbocycles. The summed E-state index contributed by atoms with van der Waals surface area (Å²) in [5.41, 5.74) is 2.29. The SMILES string of the molecule is COc1cc(C)cc(Cl)c1-c1nnc(N[C@@H]2COC(C)(C)C2)c2cnccc12. The van der Waals surface area contributed by atoms with E-state index in [4.69, 9.17) is 21.1 Å². The number of hydrogen-bond acceptors (Lipinski definition) is 6. The normalized spacial score (nSPS) is 18.4. The Hall–Kier alpha value is -2.44. The van der Waals surface area contributed by atoms with Gasteiger partial charge in [0.1, 0.15) is 11.4 Å². The van der Waals surface area contributed by atoms with Gasteiger partial charge in [0.25, 0.3) is 0 Å². The van der Waals surface area contributed by atoms with Gasteiger partial charge in [-0.3, -0.25) is 4.98 Å². The van der Waals surface area contributed by atoms with E-state index in [2.05, 4.69) is 34.3 Å². The van der Waals surface area contributed by atoms with E-state index in [1.165, 1.54) is 0 Å². The molecule has 1 fully saturated rings. The van der Waals surface area contributed by atoms with Crippen LogP contribution in [-0.4, -0.2) is 40.5 Å². The Bertz CT molecular complexity index is 1040. The maximum atomic E-state index is 6.56. The van der Waals surface area contributed by atoms with Crippen LogP contribution >= 0.6 is 11.6 Å². The van der Waals surface area contributed by atoms with Crippen LogP contribution in [0.3, 0.4) is 0 Å². The monoisotopic (exact) mass is 398 g/mol. The molecule has 0 aliphatic carbocycles. The van der Waals surface area contributed by atoms with Gasteiger partial charge in [-0.05, 0) is 51.0 Å². The van der Waals surface area contributed by atoms with Gasteiger partial charge in [0.15, 0.2) is 5.82 Å². The predicted molar refractivity (Wildman–Crippen MR) is 111 cm³/mol. The van der Waals surface area contributed by atoms with Gasteiger partial charge in [0, 0.05) is 23.2 Å². The number of hydrogen-bond donors (Lipinski definition) is 1. The Morgan fingerprint density at radius 1 is 1.25 bits per heavy atom. The molecule has 1 aliphatic rings. The lowest BCUT2D eigenvalue weighted by atomic mass is 10.0. The number of halogens is 1. The fraction of sp³-hybridized carbons (Fsp3) is 0.381. The van der Waals surface area contributed by atoms with Crippen molar-refractivity contribution in [1.29, 1.82) is 0 Å². The van der Waals surface area contributed by atoms with Crippen molar-refractivity contribution in [1.82, 2.24) is 15.2 Å². The molecule has 0 saturated carbocycles. The minimum Gasteiger partial charge on any atom is -0.496 e. The number of fused-ring (bicyclic) bond motifs is 1. The summed E-state index contributed by atoms with van der Waals surface area (Å²) in [6, 6.07) is 5.95. The van der Waals surface area contributed by atoms with Crippen LogP contribution in [0.25, 0.3) is 22.0 Å². The van der Waals surface area contributed by atoms with Gasteiger partial charge in [0.2, 0.25) is 0 Å². The lowest BCUT2D eigenvalue weighted by molar-refractivity contribution is 0.0363. The molecule has 7 heteroatoms. The third kappa shape index (κ3) is 3.50. The molecule has 28 heavy (non-hydrogen) atoms. The highest BCUT2D eigenvalue weighted by Crippen LogP contribution is 2.40. The number of pyridine rings is 1. The fourth-order valence-electron chi connectivity index (χ4n) is 3.71. The van der Waals surface area contributed by atoms with Crippen LogP contribution in [0.4, 0.5) is 5.82 Å². The number of nitrogens with one attached hydrogen (secondary N) is 1. The van der Waals surface area contributed by atoms with Crippen molar-refractivity contribution in [2.45, 2.75) is 38.8 Å². The number of aromatic nitrogens is 3. The Balaban J connectivity index is 1.81. The molecule has 1 saturated heterocycles. The zero-order valence-electron chi connectivity index (χ0n) is 16.4. The minimum absolute atomic E-state index is 0.137. The quantitative estimate of drug-likeness (QED) is 0.690. The molecule has 1 atom stereocenters. The molecule has 6 nitrogen and oxygen atoms in total. The van der Waals surface area contributed by atoms with Crippen molar-refractivity contribution in [2.75, 3.05) is 19.0 Å². The van der Waals surface area contributed by atoms with Crippen molar-refractivity contribution in [3.05, 3.63) is 41.2 Å². The molecule has 4 rings (SSSR count). The molecule has 0 spiro atoms. The number of methoxy groups -OCH3 is 1. The van der Waals surface area contributed by atoms with E-state index in [1.54, 1.807) is 19.5 Å². The Labute approximate surface area is 169 Å². The van der Waals surface area contributed by atoms with Crippen molar-refractivity contribution in [2.24, 2.45) is 0 Å². The van der Waals surface area contributed by atoms with Crippen LogP contribution in [0.1, 0.15) is 25.8 Å². The van der Waals surface area contributed by atoms with Gasteiger partial charge < -0.3 is 14.8 Å². The first-order chi connectivity index (χ1) is 13.4. The molecule has 146 valence electrons. The van der Waals surface area contributed by atoms with Crippen molar-refractivity contribution >= 4 is 28.2 Å². The summed E-state index contributed by atoms with van der Waals surface area (Å²) in [6.45, 7) is 6.80. The van der Waals surface area contributed by atoms with Crippen LogP contribution in [0.5, 0.6) is 5.75 Å². The molecular formula is C21H23ClN4O2. The molecule has 2 aromatic heterocycles. The zero-order valence-corrected chi connectivity index (χ0v) is 17.2. The van der Waals surface area contributed by atoms with E-state index < -0.39 is 0 Å². The second kappa shape index (κ2) is 7.18. The average Bonchev–Trinajstić information content (AvgIpc) is 3.00. The van der Waals surface area contributed by atoms with Crippen LogP contribution in [0, 0.1) is 6.92 Å². The summed E-state index contributed by atoms with van der Waals surface area (Å²) in [5, 5.41) is 14.8. The van der Waals surface area contributed by atoms with E-state index in [-0.39, 0.29) is 11.6 Å². The van der Waals surface area contributed by atoms with Gasteiger partial charge in [-0.25, -0.2) is 0 Å². The predicted octanol–water partition coefficient (Wildman–Crippen LogP) is 4.64. The average molecular weight is 399 g/mol. The number of anilines is 1. The molecule has 1 aliphatic heterocycles. The van der Waals surface area contributed by atoms with Crippen LogP contribution < -0.4 is 10.1 Å². The summed E-state index contributed by atoms with van der Waals surface area (Å²) in [7, 11) is 1.63. The molecule has 0 radical (unpaired) electrons. The smallest absolute Gasteiger partial charge is 0.158 e. The van der Waals surface area contributed by atoms with E-state index in [0.717, 1.165) is 28.3 Å². The third-order valence-corrected chi connectivity index (χ3v) is 5.29. The van der Waals surface area contributed by atoms with Crippen molar-refractivity contribution in [3.63, 3.8) is 0 Å². The highest BCUT2D eigenvalue weighted by Gasteiger charge is 2.32. The first kappa shape index (κ1) is 18.9. The van der Waals surface area contributed by atoms with Crippen molar-refractivity contribution < 1.29 is 9.47 Å².